The van der Waals surface area contributed by atoms with Crippen LogP contribution >= 0.6 is 22.7 Å². The first-order chi connectivity index (χ1) is 11.6. The van der Waals surface area contributed by atoms with Crippen molar-refractivity contribution in [3.05, 3.63) is 44.8 Å². The molecular formula is C18H21NO3S2. The maximum Gasteiger partial charge on any atom is 0.306 e. The average molecular weight is 364 g/mol. The largest absolute Gasteiger partial charge is 0.481 e. The Labute approximate surface area is 149 Å². The number of carboxylic acid groups (broad SMARTS) is 1. The number of aliphatic carboxylic acids is 1. The van der Waals surface area contributed by atoms with Crippen LogP contribution in [0, 0.1) is 11.8 Å². The van der Waals surface area contributed by atoms with Crippen LogP contribution in [0.3, 0.4) is 0 Å². The summed E-state index contributed by atoms with van der Waals surface area (Å²) in [5, 5.41) is 13.2. The lowest BCUT2D eigenvalue weighted by atomic mass is 9.81. The topological polar surface area (TPSA) is 57.6 Å². The van der Waals surface area contributed by atoms with Crippen molar-refractivity contribution in [3.8, 4) is 0 Å². The molecule has 2 heterocycles. The van der Waals surface area contributed by atoms with Gasteiger partial charge in [0.1, 0.15) is 0 Å². The van der Waals surface area contributed by atoms with Crippen LogP contribution in [-0.2, 0) is 22.7 Å². The quantitative estimate of drug-likeness (QED) is 0.835. The second-order valence-corrected chi connectivity index (χ2v) is 8.30. The molecule has 2 aromatic rings. The highest BCUT2D eigenvalue weighted by Crippen LogP contribution is 2.31. The normalized spacial score (nSPS) is 20.7. The van der Waals surface area contributed by atoms with Gasteiger partial charge in [0.25, 0.3) is 0 Å². The molecule has 1 saturated carbocycles. The zero-order chi connectivity index (χ0) is 16.9. The van der Waals surface area contributed by atoms with Crippen molar-refractivity contribution in [3.63, 3.8) is 0 Å². The first kappa shape index (κ1) is 17.2. The summed E-state index contributed by atoms with van der Waals surface area (Å²) >= 11 is 3.33. The molecule has 0 atom stereocenters. The summed E-state index contributed by atoms with van der Waals surface area (Å²) in [7, 11) is 0. The smallest absolute Gasteiger partial charge is 0.306 e. The van der Waals surface area contributed by atoms with Gasteiger partial charge >= 0.3 is 5.97 Å². The van der Waals surface area contributed by atoms with Crippen molar-refractivity contribution in [1.29, 1.82) is 0 Å². The molecule has 1 aliphatic carbocycles. The van der Waals surface area contributed by atoms with Gasteiger partial charge in [-0.3, -0.25) is 9.59 Å². The van der Waals surface area contributed by atoms with Gasteiger partial charge in [-0.2, -0.15) is 0 Å². The average Bonchev–Trinajstić information content (AvgIpc) is 3.27. The fourth-order valence-corrected chi connectivity index (χ4v) is 4.68. The van der Waals surface area contributed by atoms with E-state index in [4.69, 9.17) is 5.11 Å². The lowest BCUT2D eigenvalue weighted by molar-refractivity contribution is -0.146. The monoisotopic (exact) mass is 363 g/mol. The third-order valence-electron chi connectivity index (χ3n) is 4.59. The molecule has 0 saturated heterocycles. The Morgan fingerprint density at radius 3 is 1.88 bits per heavy atom. The van der Waals surface area contributed by atoms with E-state index in [-0.39, 0.29) is 17.7 Å². The van der Waals surface area contributed by atoms with E-state index in [0.717, 1.165) is 0 Å². The number of carbonyl (C=O) groups is 2. The van der Waals surface area contributed by atoms with E-state index in [1.807, 2.05) is 27.8 Å². The van der Waals surface area contributed by atoms with E-state index >= 15 is 0 Å². The highest BCUT2D eigenvalue weighted by atomic mass is 32.1. The summed E-state index contributed by atoms with van der Waals surface area (Å²) in [4.78, 5) is 28.4. The number of hydrogen-bond acceptors (Lipinski definition) is 4. The molecule has 1 N–H and O–H groups in total. The van der Waals surface area contributed by atoms with Crippen LogP contribution in [0.25, 0.3) is 0 Å². The molecule has 3 rings (SSSR count). The van der Waals surface area contributed by atoms with Gasteiger partial charge < -0.3 is 10.0 Å². The number of rotatable bonds is 6. The molecule has 1 fully saturated rings. The lowest BCUT2D eigenvalue weighted by Gasteiger charge is -2.30. The van der Waals surface area contributed by atoms with Crippen molar-refractivity contribution in [2.24, 2.45) is 11.8 Å². The van der Waals surface area contributed by atoms with Crippen molar-refractivity contribution >= 4 is 34.6 Å². The fourth-order valence-electron chi connectivity index (χ4n) is 3.24. The first-order valence-electron chi connectivity index (χ1n) is 8.20. The van der Waals surface area contributed by atoms with E-state index in [2.05, 4.69) is 12.1 Å². The summed E-state index contributed by atoms with van der Waals surface area (Å²) in [5.41, 5.74) is 0. The molecule has 128 valence electrons. The summed E-state index contributed by atoms with van der Waals surface area (Å²) in [6.45, 7) is 1.26. The number of thiophene rings is 2. The van der Waals surface area contributed by atoms with Gasteiger partial charge in [0.05, 0.1) is 19.0 Å². The summed E-state index contributed by atoms with van der Waals surface area (Å²) in [5.74, 6) is -0.881. The molecule has 4 nitrogen and oxygen atoms in total. The Hall–Kier alpha value is -1.66. The zero-order valence-corrected chi connectivity index (χ0v) is 15.0. The second kappa shape index (κ2) is 7.94. The van der Waals surface area contributed by atoms with Crippen molar-refractivity contribution in [2.75, 3.05) is 0 Å². The van der Waals surface area contributed by atoms with E-state index in [9.17, 15) is 9.59 Å². The van der Waals surface area contributed by atoms with E-state index in [1.54, 1.807) is 22.7 Å². The van der Waals surface area contributed by atoms with Crippen LogP contribution in [-0.4, -0.2) is 21.9 Å². The summed E-state index contributed by atoms with van der Waals surface area (Å²) < 4.78 is 0. The molecule has 0 aliphatic heterocycles. The van der Waals surface area contributed by atoms with Crippen LogP contribution in [0.15, 0.2) is 35.0 Å². The SMILES string of the molecule is O=C(O)C1CCC(C(=O)N(Cc2cccs2)Cc2cccs2)CC1. The molecule has 2 aromatic heterocycles. The number of hydrogen-bond donors (Lipinski definition) is 1. The van der Waals surface area contributed by atoms with Gasteiger partial charge in [-0.05, 0) is 48.6 Å². The number of carbonyl (C=O) groups excluding carboxylic acids is 1. The number of carboxylic acids is 1. The van der Waals surface area contributed by atoms with Crippen LogP contribution in [0.4, 0.5) is 0 Å². The number of nitrogens with zero attached hydrogens (tertiary/aromatic N) is 1. The van der Waals surface area contributed by atoms with Crippen molar-refractivity contribution in [2.45, 2.75) is 38.8 Å². The molecule has 1 aliphatic rings. The molecule has 0 radical (unpaired) electrons. The maximum absolute atomic E-state index is 13.0. The number of amides is 1. The summed E-state index contributed by atoms with van der Waals surface area (Å²) in [6, 6.07) is 8.12. The van der Waals surface area contributed by atoms with E-state index in [0.29, 0.717) is 38.8 Å². The van der Waals surface area contributed by atoms with Crippen molar-refractivity contribution < 1.29 is 14.7 Å². The van der Waals surface area contributed by atoms with Crippen LogP contribution in [0.2, 0.25) is 0 Å². The maximum atomic E-state index is 13.0. The van der Waals surface area contributed by atoms with E-state index < -0.39 is 5.97 Å². The Balaban J connectivity index is 1.67. The molecule has 0 unspecified atom stereocenters. The van der Waals surface area contributed by atoms with Crippen LogP contribution < -0.4 is 0 Å². The molecular weight excluding hydrogens is 342 g/mol. The third kappa shape index (κ3) is 4.24. The minimum atomic E-state index is -0.727. The molecule has 24 heavy (non-hydrogen) atoms. The molecule has 0 spiro atoms. The molecule has 6 heteroatoms. The van der Waals surface area contributed by atoms with Crippen molar-refractivity contribution in [1.82, 2.24) is 4.90 Å². The fraction of sp³-hybridized carbons (Fsp3) is 0.444. The Bertz CT molecular complexity index is 622. The highest BCUT2D eigenvalue weighted by Gasteiger charge is 2.32. The van der Waals surface area contributed by atoms with Gasteiger partial charge in [-0.25, -0.2) is 0 Å². The molecule has 0 aromatic carbocycles. The van der Waals surface area contributed by atoms with Gasteiger partial charge in [-0.1, -0.05) is 12.1 Å². The predicted molar refractivity (Wildman–Crippen MR) is 96.0 cm³/mol. The van der Waals surface area contributed by atoms with Gasteiger partial charge in [-0.15, -0.1) is 22.7 Å². The second-order valence-electron chi connectivity index (χ2n) is 6.24. The van der Waals surface area contributed by atoms with Gasteiger partial charge in [0.15, 0.2) is 0 Å². The van der Waals surface area contributed by atoms with E-state index in [1.165, 1.54) is 9.75 Å². The van der Waals surface area contributed by atoms with Gasteiger partial charge in [0, 0.05) is 15.7 Å². The lowest BCUT2D eigenvalue weighted by Crippen LogP contribution is -2.37. The van der Waals surface area contributed by atoms with Crippen LogP contribution in [0.1, 0.15) is 35.4 Å². The van der Waals surface area contributed by atoms with Gasteiger partial charge in [0.2, 0.25) is 5.91 Å². The minimum absolute atomic E-state index is 0.0412. The Morgan fingerprint density at radius 2 is 1.46 bits per heavy atom. The molecule has 1 amide bonds. The first-order valence-corrected chi connectivity index (χ1v) is 9.96. The Kier molecular flexibility index (Phi) is 5.68. The molecule has 0 bridgehead atoms. The summed E-state index contributed by atoms with van der Waals surface area (Å²) in [6.07, 6.45) is 2.58. The predicted octanol–water partition coefficient (Wildman–Crippen LogP) is 4.23. The highest BCUT2D eigenvalue weighted by molar-refractivity contribution is 7.10. The standard InChI is InChI=1S/C18H21NO3S2/c20-17(13-5-7-14(8-6-13)18(21)22)19(11-15-3-1-9-23-15)12-16-4-2-10-24-16/h1-4,9-10,13-14H,5-8,11-12H2,(H,21,22). The minimum Gasteiger partial charge on any atom is -0.481 e. The zero-order valence-electron chi connectivity index (χ0n) is 13.4. The Morgan fingerprint density at radius 1 is 0.958 bits per heavy atom. The van der Waals surface area contributed by atoms with Crippen LogP contribution in [0.5, 0.6) is 0 Å². The third-order valence-corrected chi connectivity index (χ3v) is 6.31.